The SMILES string of the molecule is COCc1n[c]ccn1. The van der Waals surface area contributed by atoms with Crippen LogP contribution in [0.5, 0.6) is 0 Å². The summed E-state index contributed by atoms with van der Waals surface area (Å²) in [6.45, 7) is 0.456. The molecule has 0 fully saturated rings. The maximum absolute atomic E-state index is 4.78. The van der Waals surface area contributed by atoms with Crippen LogP contribution in [-0.2, 0) is 11.3 Å². The monoisotopic (exact) mass is 123 g/mol. The second-order valence-electron chi connectivity index (χ2n) is 1.53. The van der Waals surface area contributed by atoms with Gasteiger partial charge in [-0.05, 0) is 6.07 Å². The van der Waals surface area contributed by atoms with Crippen molar-refractivity contribution in [2.75, 3.05) is 7.11 Å². The number of ether oxygens (including phenoxy) is 1. The molecule has 0 aliphatic carbocycles. The Morgan fingerprint density at radius 3 is 3.22 bits per heavy atom. The topological polar surface area (TPSA) is 35.0 Å². The van der Waals surface area contributed by atoms with Gasteiger partial charge in [-0.15, -0.1) is 0 Å². The zero-order chi connectivity index (χ0) is 6.53. The lowest BCUT2D eigenvalue weighted by Crippen LogP contribution is -1.93. The van der Waals surface area contributed by atoms with E-state index in [4.69, 9.17) is 4.74 Å². The lowest BCUT2D eigenvalue weighted by atomic mass is 10.6. The Labute approximate surface area is 53.7 Å². The van der Waals surface area contributed by atoms with E-state index in [0.717, 1.165) is 0 Å². The molecule has 9 heavy (non-hydrogen) atoms. The van der Waals surface area contributed by atoms with Gasteiger partial charge in [0.2, 0.25) is 0 Å². The normalized spacial score (nSPS) is 9.44. The summed E-state index contributed by atoms with van der Waals surface area (Å²) in [5.41, 5.74) is 0. The van der Waals surface area contributed by atoms with Crippen LogP contribution < -0.4 is 0 Å². The standard InChI is InChI=1S/C6H7N2O/c1-9-5-6-7-3-2-4-8-6/h2-3H,5H2,1H3. The lowest BCUT2D eigenvalue weighted by Gasteiger charge is -1.92. The average Bonchev–Trinajstić information content (AvgIpc) is 1.91. The number of aromatic nitrogens is 2. The number of methoxy groups -OCH3 is 1. The predicted octanol–water partition coefficient (Wildman–Crippen LogP) is 0.423. The molecule has 0 saturated carbocycles. The third kappa shape index (κ3) is 1.77. The van der Waals surface area contributed by atoms with E-state index in [1.165, 1.54) is 0 Å². The van der Waals surface area contributed by atoms with Gasteiger partial charge in [0.25, 0.3) is 0 Å². The smallest absolute Gasteiger partial charge is 0.154 e. The van der Waals surface area contributed by atoms with E-state index < -0.39 is 0 Å². The van der Waals surface area contributed by atoms with Crippen molar-refractivity contribution in [3.05, 3.63) is 24.3 Å². The molecule has 1 radical (unpaired) electrons. The molecule has 0 unspecified atom stereocenters. The Balaban J connectivity index is 2.61. The summed E-state index contributed by atoms with van der Waals surface area (Å²) < 4.78 is 4.78. The van der Waals surface area contributed by atoms with Crippen molar-refractivity contribution in [2.24, 2.45) is 0 Å². The highest BCUT2D eigenvalue weighted by molar-refractivity contribution is 4.84. The molecule has 0 aliphatic rings. The van der Waals surface area contributed by atoms with Crippen molar-refractivity contribution < 1.29 is 4.74 Å². The average molecular weight is 123 g/mol. The highest BCUT2D eigenvalue weighted by Crippen LogP contribution is 1.86. The van der Waals surface area contributed by atoms with E-state index in [-0.39, 0.29) is 0 Å². The van der Waals surface area contributed by atoms with Crippen LogP contribution in [0.25, 0.3) is 0 Å². The van der Waals surface area contributed by atoms with Crippen molar-refractivity contribution in [1.29, 1.82) is 0 Å². The summed E-state index contributed by atoms with van der Waals surface area (Å²) in [6, 6.07) is 1.65. The second-order valence-corrected chi connectivity index (χ2v) is 1.53. The van der Waals surface area contributed by atoms with E-state index in [1.54, 1.807) is 19.4 Å². The van der Waals surface area contributed by atoms with Crippen LogP contribution in [0.3, 0.4) is 0 Å². The predicted molar refractivity (Wildman–Crippen MR) is 31.6 cm³/mol. The van der Waals surface area contributed by atoms with Gasteiger partial charge in [-0.1, -0.05) is 0 Å². The van der Waals surface area contributed by atoms with Gasteiger partial charge in [0.1, 0.15) is 6.61 Å². The molecular formula is C6H7N2O. The highest BCUT2D eigenvalue weighted by atomic mass is 16.5. The summed E-state index contributed by atoms with van der Waals surface area (Å²) in [4.78, 5) is 7.71. The van der Waals surface area contributed by atoms with Crippen LogP contribution in [0.1, 0.15) is 5.82 Å². The molecule has 0 spiro atoms. The van der Waals surface area contributed by atoms with Crippen LogP contribution in [0.4, 0.5) is 0 Å². The lowest BCUT2D eigenvalue weighted by molar-refractivity contribution is 0.177. The second kappa shape index (κ2) is 3.14. The molecule has 0 saturated heterocycles. The zero-order valence-electron chi connectivity index (χ0n) is 5.16. The van der Waals surface area contributed by atoms with Gasteiger partial charge >= 0.3 is 0 Å². The first-order valence-corrected chi connectivity index (χ1v) is 2.60. The fourth-order valence-electron chi connectivity index (χ4n) is 0.496. The molecule has 0 amide bonds. The molecule has 0 atom stereocenters. The van der Waals surface area contributed by atoms with Crippen LogP contribution in [0.15, 0.2) is 12.3 Å². The zero-order valence-corrected chi connectivity index (χ0v) is 5.16. The molecule has 0 aliphatic heterocycles. The van der Waals surface area contributed by atoms with E-state index >= 15 is 0 Å². The van der Waals surface area contributed by atoms with Crippen molar-refractivity contribution >= 4 is 0 Å². The Morgan fingerprint density at radius 1 is 1.78 bits per heavy atom. The third-order valence-electron chi connectivity index (χ3n) is 0.840. The summed E-state index contributed by atoms with van der Waals surface area (Å²) in [5.74, 6) is 0.667. The molecule has 3 nitrogen and oxygen atoms in total. The molecule has 0 N–H and O–H groups in total. The van der Waals surface area contributed by atoms with Crippen LogP contribution in [0.2, 0.25) is 0 Å². The molecule has 3 heteroatoms. The summed E-state index contributed by atoms with van der Waals surface area (Å²) in [7, 11) is 1.61. The minimum Gasteiger partial charge on any atom is -0.377 e. The van der Waals surface area contributed by atoms with Gasteiger partial charge < -0.3 is 4.74 Å². The van der Waals surface area contributed by atoms with E-state index in [9.17, 15) is 0 Å². The first-order chi connectivity index (χ1) is 4.43. The van der Waals surface area contributed by atoms with Gasteiger partial charge in [0, 0.05) is 13.3 Å². The summed E-state index contributed by atoms with van der Waals surface area (Å²) >= 11 is 0. The molecule has 0 bridgehead atoms. The third-order valence-corrected chi connectivity index (χ3v) is 0.840. The first kappa shape index (κ1) is 6.16. The Hall–Kier alpha value is -0.960. The highest BCUT2D eigenvalue weighted by Gasteiger charge is 1.88. The van der Waals surface area contributed by atoms with E-state index in [1.807, 2.05) is 0 Å². The minimum atomic E-state index is 0.456. The van der Waals surface area contributed by atoms with Gasteiger partial charge in [0.15, 0.2) is 5.82 Å². The number of nitrogens with zero attached hydrogens (tertiary/aromatic N) is 2. The van der Waals surface area contributed by atoms with Gasteiger partial charge in [-0.2, -0.15) is 0 Å². The molecule has 0 aromatic carbocycles. The summed E-state index contributed by atoms with van der Waals surface area (Å²) in [5, 5.41) is 0. The Morgan fingerprint density at radius 2 is 2.67 bits per heavy atom. The molecule has 47 valence electrons. The van der Waals surface area contributed by atoms with Gasteiger partial charge in [-0.25, -0.2) is 9.97 Å². The Kier molecular flexibility index (Phi) is 2.15. The maximum atomic E-state index is 4.78. The maximum Gasteiger partial charge on any atom is 0.154 e. The van der Waals surface area contributed by atoms with Crippen molar-refractivity contribution in [3.8, 4) is 0 Å². The van der Waals surface area contributed by atoms with E-state index in [0.29, 0.717) is 12.4 Å². The van der Waals surface area contributed by atoms with Crippen LogP contribution >= 0.6 is 0 Å². The first-order valence-electron chi connectivity index (χ1n) is 2.60. The number of rotatable bonds is 2. The fraction of sp³-hybridized carbons (Fsp3) is 0.333. The van der Waals surface area contributed by atoms with E-state index in [2.05, 4.69) is 16.2 Å². The minimum absolute atomic E-state index is 0.456. The molecule has 1 heterocycles. The van der Waals surface area contributed by atoms with Crippen LogP contribution in [-0.4, -0.2) is 17.1 Å². The van der Waals surface area contributed by atoms with Gasteiger partial charge in [0.05, 0.1) is 6.20 Å². The van der Waals surface area contributed by atoms with Crippen molar-refractivity contribution in [1.82, 2.24) is 9.97 Å². The largest absolute Gasteiger partial charge is 0.377 e. The fourth-order valence-corrected chi connectivity index (χ4v) is 0.496. The molecule has 1 rings (SSSR count). The molecule has 1 aromatic rings. The van der Waals surface area contributed by atoms with Crippen molar-refractivity contribution in [3.63, 3.8) is 0 Å². The molecular weight excluding hydrogens is 116 g/mol. The number of hydrogen-bond acceptors (Lipinski definition) is 3. The van der Waals surface area contributed by atoms with Crippen molar-refractivity contribution in [2.45, 2.75) is 6.61 Å². The number of hydrogen-bond donors (Lipinski definition) is 0. The quantitative estimate of drug-likeness (QED) is 0.571. The summed E-state index contributed by atoms with van der Waals surface area (Å²) in [6.07, 6.45) is 4.29. The van der Waals surface area contributed by atoms with Gasteiger partial charge in [-0.3, -0.25) is 0 Å². The van der Waals surface area contributed by atoms with Crippen LogP contribution in [0, 0.1) is 6.20 Å². The molecule has 1 aromatic heterocycles. The Bertz CT molecular complexity index is 164.